The standard InChI is InChI=1S/C17H30F3N3O/c1-16(21)8-3-2-4-14(16)15(24)22-9-5-13-6-10-23(11-7-13)12-17(18,19)20/h13-14H,2-12,21H2,1H3,(H,22,24). The summed E-state index contributed by atoms with van der Waals surface area (Å²) < 4.78 is 37.1. The Balaban J connectivity index is 1.65. The zero-order valence-electron chi connectivity index (χ0n) is 14.5. The van der Waals surface area contributed by atoms with Crippen LogP contribution in [0.1, 0.15) is 51.9 Å². The third kappa shape index (κ3) is 5.92. The highest BCUT2D eigenvalue weighted by molar-refractivity contribution is 5.80. The van der Waals surface area contributed by atoms with Crippen LogP contribution in [-0.4, -0.2) is 48.7 Å². The van der Waals surface area contributed by atoms with Gasteiger partial charge in [0.25, 0.3) is 0 Å². The zero-order valence-corrected chi connectivity index (χ0v) is 14.5. The molecule has 1 heterocycles. The van der Waals surface area contributed by atoms with Gasteiger partial charge in [0.05, 0.1) is 12.5 Å². The SMILES string of the molecule is CC1(N)CCCCC1C(=O)NCCC1CCN(CC(F)(F)F)CC1. The Kier molecular flexibility index (Phi) is 6.53. The number of amides is 1. The molecule has 2 rings (SSSR count). The number of carbonyl (C=O) groups is 1. The Morgan fingerprint density at radius 2 is 1.92 bits per heavy atom. The molecule has 24 heavy (non-hydrogen) atoms. The van der Waals surface area contributed by atoms with Crippen molar-refractivity contribution in [3.05, 3.63) is 0 Å². The number of nitrogens with two attached hydrogens (primary N) is 1. The average Bonchev–Trinajstić information content (AvgIpc) is 2.47. The topological polar surface area (TPSA) is 58.4 Å². The summed E-state index contributed by atoms with van der Waals surface area (Å²) in [6.45, 7) is 2.71. The van der Waals surface area contributed by atoms with Gasteiger partial charge in [0, 0.05) is 12.1 Å². The number of carbonyl (C=O) groups excluding carboxylic acids is 1. The maximum Gasteiger partial charge on any atom is 0.401 e. The molecule has 140 valence electrons. The number of hydrogen-bond acceptors (Lipinski definition) is 3. The van der Waals surface area contributed by atoms with Crippen molar-refractivity contribution < 1.29 is 18.0 Å². The second-order valence-electron chi connectivity index (χ2n) is 7.72. The van der Waals surface area contributed by atoms with Crippen molar-refractivity contribution in [2.24, 2.45) is 17.6 Å². The van der Waals surface area contributed by atoms with Gasteiger partial charge in [-0.15, -0.1) is 0 Å². The highest BCUT2D eigenvalue weighted by Crippen LogP contribution is 2.31. The van der Waals surface area contributed by atoms with Crippen LogP contribution in [0.2, 0.25) is 0 Å². The summed E-state index contributed by atoms with van der Waals surface area (Å²) in [5.74, 6) is 0.305. The van der Waals surface area contributed by atoms with E-state index in [0.717, 1.165) is 44.9 Å². The lowest BCUT2D eigenvalue weighted by Gasteiger charge is -2.37. The van der Waals surface area contributed by atoms with Gasteiger partial charge in [0.15, 0.2) is 0 Å². The molecule has 4 nitrogen and oxygen atoms in total. The minimum absolute atomic E-state index is 0.0363. The van der Waals surface area contributed by atoms with Crippen molar-refractivity contribution in [1.29, 1.82) is 0 Å². The minimum atomic E-state index is -4.12. The van der Waals surface area contributed by atoms with E-state index in [0.29, 0.717) is 25.6 Å². The first-order valence-corrected chi connectivity index (χ1v) is 9.03. The Labute approximate surface area is 142 Å². The lowest BCUT2D eigenvalue weighted by Crippen LogP contribution is -2.53. The first kappa shape index (κ1) is 19.5. The van der Waals surface area contributed by atoms with Gasteiger partial charge in [0.1, 0.15) is 0 Å². The first-order valence-electron chi connectivity index (χ1n) is 9.03. The van der Waals surface area contributed by atoms with Crippen LogP contribution in [-0.2, 0) is 4.79 Å². The molecule has 0 bridgehead atoms. The second kappa shape index (κ2) is 8.04. The lowest BCUT2D eigenvalue weighted by atomic mass is 9.74. The van der Waals surface area contributed by atoms with Crippen LogP contribution in [0.25, 0.3) is 0 Å². The normalized spacial score (nSPS) is 30.3. The molecule has 1 aliphatic heterocycles. The fourth-order valence-corrected chi connectivity index (χ4v) is 4.00. The summed E-state index contributed by atoms with van der Waals surface area (Å²) in [5, 5.41) is 2.99. The van der Waals surface area contributed by atoms with Crippen molar-refractivity contribution in [3.8, 4) is 0 Å². The minimum Gasteiger partial charge on any atom is -0.356 e. The number of nitrogens with one attached hydrogen (secondary N) is 1. The summed E-state index contributed by atoms with van der Waals surface area (Å²) in [5.41, 5.74) is 5.82. The summed E-state index contributed by atoms with van der Waals surface area (Å²) in [4.78, 5) is 13.8. The molecule has 3 N–H and O–H groups in total. The van der Waals surface area contributed by atoms with E-state index in [-0.39, 0.29) is 11.8 Å². The monoisotopic (exact) mass is 349 g/mol. The second-order valence-corrected chi connectivity index (χ2v) is 7.72. The van der Waals surface area contributed by atoms with E-state index in [1.807, 2.05) is 6.92 Å². The fraction of sp³-hybridized carbons (Fsp3) is 0.941. The molecule has 2 unspecified atom stereocenters. The van der Waals surface area contributed by atoms with Crippen LogP contribution in [0.3, 0.4) is 0 Å². The van der Waals surface area contributed by atoms with Crippen LogP contribution in [0.15, 0.2) is 0 Å². The van der Waals surface area contributed by atoms with Gasteiger partial charge in [0.2, 0.25) is 5.91 Å². The maximum absolute atomic E-state index is 12.4. The van der Waals surface area contributed by atoms with Gasteiger partial charge in [-0.3, -0.25) is 9.69 Å². The van der Waals surface area contributed by atoms with Gasteiger partial charge >= 0.3 is 6.18 Å². The van der Waals surface area contributed by atoms with E-state index in [4.69, 9.17) is 5.73 Å². The number of halogens is 3. The molecule has 1 saturated carbocycles. The van der Waals surface area contributed by atoms with Crippen LogP contribution >= 0.6 is 0 Å². The van der Waals surface area contributed by atoms with Crippen LogP contribution in [0, 0.1) is 11.8 Å². The van der Waals surface area contributed by atoms with E-state index in [1.54, 1.807) is 0 Å². The van der Waals surface area contributed by atoms with Crippen LogP contribution < -0.4 is 11.1 Å². The molecule has 2 aliphatic rings. The predicted octanol–water partition coefficient (Wildman–Crippen LogP) is 2.67. The summed E-state index contributed by atoms with van der Waals surface area (Å²) in [6.07, 6.45) is 2.09. The van der Waals surface area contributed by atoms with Gasteiger partial charge in [-0.25, -0.2) is 0 Å². The molecule has 1 amide bonds. The predicted molar refractivity (Wildman–Crippen MR) is 87.4 cm³/mol. The van der Waals surface area contributed by atoms with E-state index in [2.05, 4.69) is 5.32 Å². The molecule has 7 heteroatoms. The van der Waals surface area contributed by atoms with Gasteiger partial charge in [-0.2, -0.15) is 13.2 Å². The number of likely N-dealkylation sites (tertiary alicyclic amines) is 1. The van der Waals surface area contributed by atoms with E-state index < -0.39 is 18.3 Å². The van der Waals surface area contributed by atoms with E-state index in [1.165, 1.54) is 4.90 Å². The van der Waals surface area contributed by atoms with Crippen molar-refractivity contribution in [1.82, 2.24) is 10.2 Å². The Morgan fingerprint density at radius 1 is 1.25 bits per heavy atom. The van der Waals surface area contributed by atoms with Crippen LogP contribution in [0.4, 0.5) is 13.2 Å². The fourth-order valence-electron chi connectivity index (χ4n) is 4.00. The Morgan fingerprint density at radius 3 is 2.50 bits per heavy atom. The maximum atomic E-state index is 12.4. The number of piperidine rings is 1. The molecular weight excluding hydrogens is 319 g/mol. The molecule has 1 aliphatic carbocycles. The first-order chi connectivity index (χ1) is 11.2. The smallest absolute Gasteiger partial charge is 0.356 e. The number of nitrogens with zero attached hydrogens (tertiary/aromatic N) is 1. The largest absolute Gasteiger partial charge is 0.401 e. The molecule has 2 atom stereocenters. The molecule has 0 radical (unpaired) electrons. The highest BCUT2D eigenvalue weighted by atomic mass is 19.4. The van der Waals surface area contributed by atoms with Gasteiger partial charge in [-0.05, 0) is 58.0 Å². The molecule has 0 aromatic carbocycles. The molecule has 2 fully saturated rings. The Hall–Kier alpha value is -0.820. The summed E-state index contributed by atoms with van der Waals surface area (Å²) >= 11 is 0. The summed E-state index contributed by atoms with van der Waals surface area (Å²) in [6, 6.07) is 0. The van der Waals surface area contributed by atoms with Gasteiger partial charge in [-0.1, -0.05) is 12.8 Å². The molecule has 0 spiro atoms. The lowest BCUT2D eigenvalue weighted by molar-refractivity contribution is -0.148. The number of rotatable bonds is 5. The highest BCUT2D eigenvalue weighted by Gasteiger charge is 2.37. The van der Waals surface area contributed by atoms with Crippen molar-refractivity contribution >= 4 is 5.91 Å². The Bertz CT molecular complexity index is 418. The van der Waals surface area contributed by atoms with Crippen molar-refractivity contribution in [3.63, 3.8) is 0 Å². The average molecular weight is 349 g/mol. The molecule has 0 aromatic rings. The van der Waals surface area contributed by atoms with Crippen molar-refractivity contribution in [2.45, 2.75) is 63.6 Å². The molecule has 0 aromatic heterocycles. The van der Waals surface area contributed by atoms with Crippen molar-refractivity contribution in [2.75, 3.05) is 26.2 Å². The quantitative estimate of drug-likeness (QED) is 0.802. The number of hydrogen-bond donors (Lipinski definition) is 2. The summed E-state index contributed by atoms with van der Waals surface area (Å²) in [7, 11) is 0. The molecule has 1 saturated heterocycles. The van der Waals surface area contributed by atoms with E-state index >= 15 is 0 Å². The number of alkyl halides is 3. The molecular formula is C17H30F3N3O. The van der Waals surface area contributed by atoms with Gasteiger partial charge < -0.3 is 11.1 Å². The zero-order chi connectivity index (χ0) is 17.8. The van der Waals surface area contributed by atoms with Crippen LogP contribution in [0.5, 0.6) is 0 Å². The van der Waals surface area contributed by atoms with E-state index in [9.17, 15) is 18.0 Å². The third-order valence-corrected chi connectivity index (χ3v) is 5.53. The third-order valence-electron chi connectivity index (χ3n) is 5.53.